The second-order valence-corrected chi connectivity index (χ2v) is 3.61. The molecule has 0 heterocycles. The van der Waals surface area contributed by atoms with Gasteiger partial charge in [-0.05, 0) is 32.1 Å². The average molecular weight is 152 g/mol. The van der Waals surface area contributed by atoms with E-state index < -0.39 is 5.97 Å². The monoisotopic (exact) mass is 152 g/mol. The van der Waals surface area contributed by atoms with Crippen molar-refractivity contribution in [3.8, 4) is 0 Å². The molecule has 11 heavy (non-hydrogen) atoms. The molecule has 2 atom stereocenters. The van der Waals surface area contributed by atoms with Gasteiger partial charge in [-0.1, -0.05) is 11.1 Å². The van der Waals surface area contributed by atoms with Crippen LogP contribution in [0.2, 0.25) is 0 Å². The first kappa shape index (κ1) is 6.89. The second kappa shape index (κ2) is 2.10. The first-order valence-corrected chi connectivity index (χ1v) is 4.11. The maximum absolute atomic E-state index is 10.8. The van der Waals surface area contributed by atoms with Gasteiger partial charge in [0.05, 0.1) is 5.92 Å². The molecule has 2 heteroatoms. The molecule has 0 amide bonds. The van der Waals surface area contributed by atoms with Gasteiger partial charge in [0.25, 0.3) is 0 Å². The van der Waals surface area contributed by atoms with Crippen LogP contribution in [0, 0.1) is 11.8 Å². The molecule has 2 nitrogen and oxygen atoms in total. The van der Waals surface area contributed by atoms with Crippen molar-refractivity contribution in [2.45, 2.75) is 26.2 Å². The summed E-state index contributed by atoms with van der Waals surface area (Å²) in [7, 11) is 0. The average Bonchev–Trinajstić information content (AvgIpc) is 2.44. The highest BCUT2D eigenvalue weighted by atomic mass is 16.4. The van der Waals surface area contributed by atoms with Gasteiger partial charge in [0.1, 0.15) is 0 Å². The lowest BCUT2D eigenvalue weighted by atomic mass is 9.87. The molecule has 0 aromatic carbocycles. The van der Waals surface area contributed by atoms with Gasteiger partial charge in [0, 0.05) is 0 Å². The summed E-state index contributed by atoms with van der Waals surface area (Å²) in [6, 6.07) is 0. The molecule has 0 aromatic heterocycles. The number of carboxylic acids is 1. The second-order valence-electron chi connectivity index (χ2n) is 3.61. The summed E-state index contributed by atoms with van der Waals surface area (Å²) >= 11 is 0. The zero-order valence-corrected chi connectivity index (χ0v) is 6.63. The molecule has 2 bridgehead atoms. The van der Waals surface area contributed by atoms with Gasteiger partial charge in [0.15, 0.2) is 0 Å². The first-order chi connectivity index (χ1) is 5.20. The van der Waals surface area contributed by atoms with Gasteiger partial charge in [-0.3, -0.25) is 4.79 Å². The fourth-order valence-corrected chi connectivity index (χ4v) is 2.48. The van der Waals surface area contributed by atoms with Gasteiger partial charge in [-0.2, -0.15) is 0 Å². The molecule has 2 rings (SSSR count). The summed E-state index contributed by atoms with van der Waals surface area (Å²) < 4.78 is 0. The minimum absolute atomic E-state index is 0.140. The lowest BCUT2D eigenvalue weighted by Gasteiger charge is -2.17. The molecule has 2 unspecified atom stereocenters. The van der Waals surface area contributed by atoms with Crippen molar-refractivity contribution in [1.29, 1.82) is 0 Å². The molecule has 1 N–H and O–H groups in total. The van der Waals surface area contributed by atoms with Crippen molar-refractivity contribution >= 4 is 5.97 Å². The van der Waals surface area contributed by atoms with Crippen molar-refractivity contribution in [3.63, 3.8) is 0 Å². The number of aliphatic carboxylic acids is 1. The highest BCUT2D eigenvalue weighted by molar-refractivity contribution is 5.75. The predicted octanol–water partition coefficient (Wildman–Crippen LogP) is 1.82. The molecule has 60 valence electrons. The lowest BCUT2D eigenvalue weighted by molar-refractivity contribution is -0.141. The van der Waals surface area contributed by atoms with Gasteiger partial charge >= 0.3 is 5.97 Å². The third-order valence-corrected chi connectivity index (χ3v) is 3.09. The topological polar surface area (TPSA) is 37.3 Å². The number of hydrogen-bond donors (Lipinski definition) is 1. The molecule has 1 fully saturated rings. The zero-order chi connectivity index (χ0) is 8.01. The normalized spacial score (nSPS) is 35.0. The Morgan fingerprint density at radius 3 is 2.73 bits per heavy atom. The van der Waals surface area contributed by atoms with E-state index in [2.05, 4.69) is 0 Å². The largest absolute Gasteiger partial charge is 0.481 e. The smallest absolute Gasteiger partial charge is 0.310 e. The predicted molar refractivity (Wildman–Crippen MR) is 41.2 cm³/mol. The molecular weight excluding hydrogens is 140 g/mol. The highest BCUT2D eigenvalue weighted by Gasteiger charge is 2.40. The van der Waals surface area contributed by atoms with Crippen LogP contribution < -0.4 is 0 Å². The highest BCUT2D eigenvalue weighted by Crippen LogP contribution is 2.47. The summed E-state index contributed by atoms with van der Waals surface area (Å²) in [4.78, 5) is 10.8. The zero-order valence-electron chi connectivity index (χ0n) is 6.63. The Labute approximate surface area is 65.9 Å². The van der Waals surface area contributed by atoms with Crippen LogP contribution >= 0.6 is 0 Å². The van der Waals surface area contributed by atoms with E-state index in [1.54, 1.807) is 0 Å². The Balaban J connectivity index is 2.33. The summed E-state index contributed by atoms with van der Waals surface area (Å²) in [5.74, 6) is -0.330. The van der Waals surface area contributed by atoms with E-state index in [4.69, 9.17) is 5.11 Å². The fourth-order valence-electron chi connectivity index (χ4n) is 2.48. The van der Waals surface area contributed by atoms with Crippen molar-refractivity contribution in [3.05, 3.63) is 11.1 Å². The van der Waals surface area contributed by atoms with Crippen LogP contribution in [-0.4, -0.2) is 11.1 Å². The van der Waals surface area contributed by atoms with Crippen molar-refractivity contribution in [1.82, 2.24) is 0 Å². The van der Waals surface area contributed by atoms with Crippen LogP contribution in [0.1, 0.15) is 26.2 Å². The Morgan fingerprint density at radius 1 is 1.64 bits per heavy atom. The van der Waals surface area contributed by atoms with Gasteiger partial charge < -0.3 is 5.11 Å². The molecule has 0 spiro atoms. The number of carboxylic acid groups (broad SMARTS) is 1. The number of hydrogen-bond acceptors (Lipinski definition) is 1. The van der Waals surface area contributed by atoms with Gasteiger partial charge in [0.2, 0.25) is 0 Å². The Hall–Kier alpha value is -0.790. The number of allylic oxidation sites excluding steroid dienone is 1. The van der Waals surface area contributed by atoms with Crippen molar-refractivity contribution in [2.24, 2.45) is 11.8 Å². The van der Waals surface area contributed by atoms with Crippen LogP contribution in [0.25, 0.3) is 0 Å². The Bertz CT molecular complexity index is 240. The fraction of sp³-hybridized carbons (Fsp3) is 0.667. The number of rotatable bonds is 1. The minimum Gasteiger partial charge on any atom is -0.481 e. The summed E-state index contributed by atoms with van der Waals surface area (Å²) in [6.07, 6.45) is 3.31. The van der Waals surface area contributed by atoms with Crippen LogP contribution in [-0.2, 0) is 4.79 Å². The van der Waals surface area contributed by atoms with Crippen molar-refractivity contribution < 1.29 is 9.90 Å². The molecule has 0 aliphatic heterocycles. The molecule has 0 radical (unpaired) electrons. The Morgan fingerprint density at radius 2 is 2.36 bits per heavy atom. The standard InChI is InChI=1S/C9H12O2/c1-5-6-2-3-7(4-6)8(5)9(10)11/h7-8H,2-4H2,1H3,(H,10,11). The number of carbonyl (C=O) groups is 1. The van der Waals surface area contributed by atoms with E-state index in [-0.39, 0.29) is 5.92 Å². The van der Waals surface area contributed by atoms with Crippen molar-refractivity contribution in [2.75, 3.05) is 0 Å². The van der Waals surface area contributed by atoms with E-state index in [1.807, 2.05) is 6.92 Å². The molecule has 0 saturated heterocycles. The Kier molecular flexibility index (Phi) is 1.31. The van der Waals surface area contributed by atoms with Gasteiger partial charge in [-0.15, -0.1) is 0 Å². The third kappa shape index (κ3) is 0.817. The number of fused-ring (bicyclic) bond motifs is 2. The van der Waals surface area contributed by atoms with Crippen LogP contribution in [0.3, 0.4) is 0 Å². The summed E-state index contributed by atoms with van der Waals surface area (Å²) in [5, 5.41) is 8.87. The molecule has 0 aromatic rings. The third-order valence-electron chi connectivity index (χ3n) is 3.09. The SMILES string of the molecule is CC1=C2CCC(C2)C1C(=O)O. The maximum atomic E-state index is 10.8. The van der Waals surface area contributed by atoms with E-state index in [0.717, 1.165) is 24.8 Å². The van der Waals surface area contributed by atoms with Crippen LogP contribution in [0.5, 0.6) is 0 Å². The van der Waals surface area contributed by atoms with E-state index in [1.165, 1.54) is 5.57 Å². The minimum atomic E-state index is -0.623. The molecule has 2 aliphatic rings. The molecule has 1 saturated carbocycles. The quantitative estimate of drug-likeness (QED) is 0.582. The molecular formula is C9H12O2. The summed E-state index contributed by atoms with van der Waals surface area (Å²) in [5.41, 5.74) is 2.57. The van der Waals surface area contributed by atoms with E-state index in [0.29, 0.717) is 5.92 Å². The van der Waals surface area contributed by atoms with E-state index in [9.17, 15) is 4.79 Å². The lowest BCUT2D eigenvalue weighted by Crippen LogP contribution is -2.20. The van der Waals surface area contributed by atoms with Gasteiger partial charge in [-0.25, -0.2) is 0 Å². The first-order valence-electron chi connectivity index (χ1n) is 4.11. The van der Waals surface area contributed by atoms with E-state index >= 15 is 0 Å². The molecule has 2 aliphatic carbocycles. The van der Waals surface area contributed by atoms with Crippen LogP contribution in [0.4, 0.5) is 0 Å². The van der Waals surface area contributed by atoms with Crippen LogP contribution in [0.15, 0.2) is 11.1 Å². The maximum Gasteiger partial charge on any atom is 0.310 e. The summed E-state index contributed by atoms with van der Waals surface area (Å²) in [6.45, 7) is 1.98.